The maximum atomic E-state index is 12.6. The number of rotatable bonds is 3. The van der Waals surface area contributed by atoms with Crippen LogP contribution >= 0.6 is 0 Å². The molecule has 0 aliphatic carbocycles. The van der Waals surface area contributed by atoms with Gasteiger partial charge in [0.2, 0.25) is 0 Å². The number of halogens is 3. The standard InChI is InChI=1S/C14H20F3N/c1-8(2)10(4)13(18)12-6-5-11(7-9(12)3)14(15,16)17/h5-8,10,13H,18H2,1-4H3. The van der Waals surface area contributed by atoms with E-state index >= 15 is 0 Å². The molecular weight excluding hydrogens is 239 g/mol. The molecule has 2 unspecified atom stereocenters. The molecular formula is C14H20F3N. The Morgan fingerprint density at radius 2 is 1.67 bits per heavy atom. The van der Waals surface area contributed by atoms with Crippen LogP contribution in [0.5, 0.6) is 0 Å². The zero-order valence-electron chi connectivity index (χ0n) is 11.2. The summed E-state index contributed by atoms with van der Waals surface area (Å²) in [7, 11) is 0. The zero-order chi connectivity index (χ0) is 14.1. The van der Waals surface area contributed by atoms with E-state index in [1.165, 1.54) is 12.1 Å². The Kier molecular flexibility index (Phi) is 4.43. The Balaban J connectivity index is 3.06. The molecule has 2 N–H and O–H groups in total. The van der Waals surface area contributed by atoms with E-state index < -0.39 is 11.7 Å². The topological polar surface area (TPSA) is 26.0 Å². The van der Waals surface area contributed by atoms with Crippen molar-refractivity contribution >= 4 is 0 Å². The highest BCUT2D eigenvalue weighted by atomic mass is 19.4. The Labute approximate surface area is 106 Å². The van der Waals surface area contributed by atoms with Crippen LogP contribution in [0.15, 0.2) is 18.2 Å². The van der Waals surface area contributed by atoms with Gasteiger partial charge in [0.05, 0.1) is 5.56 Å². The van der Waals surface area contributed by atoms with Gasteiger partial charge in [-0.2, -0.15) is 13.2 Å². The first-order chi connectivity index (χ1) is 8.14. The largest absolute Gasteiger partial charge is 0.416 e. The normalized spacial score (nSPS) is 15.8. The molecule has 0 bridgehead atoms. The summed E-state index contributed by atoms with van der Waals surface area (Å²) in [5.41, 5.74) is 6.90. The second kappa shape index (κ2) is 5.31. The maximum Gasteiger partial charge on any atom is 0.416 e. The fourth-order valence-electron chi connectivity index (χ4n) is 1.92. The van der Waals surface area contributed by atoms with Gasteiger partial charge in [-0.05, 0) is 42.0 Å². The molecule has 0 spiro atoms. The fourth-order valence-corrected chi connectivity index (χ4v) is 1.92. The van der Waals surface area contributed by atoms with Gasteiger partial charge in [0.25, 0.3) is 0 Å². The summed E-state index contributed by atoms with van der Waals surface area (Å²) in [4.78, 5) is 0. The molecule has 0 saturated carbocycles. The van der Waals surface area contributed by atoms with Gasteiger partial charge in [0.1, 0.15) is 0 Å². The predicted octanol–water partition coefficient (Wildman–Crippen LogP) is 4.31. The molecule has 0 aliphatic rings. The Morgan fingerprint density at radius 1 is 1.11 bits per heavy atom. The Bertz CT molecular complexity index is 410. The van der Waals surface area contributed by atoms with Crippen LogP contribution in [0.2, 0.25) is 0 Å². The van der Waals surface area contributed by atoms with Crippen molar-refractivity contribution in [1.82, 2.24) is 0 Å². The van der Waals surface area contributed by atoms with E-state index in [4.69, 9.17) is 5.73 Å². The average Bonchev–Trinajstić information content (AvgIpc) is 2.25. The Morgan fingerprint density at radius 3 is 2.06 bits per heavy atom. The van der Waals surface area contributed by atoms with Gasteiger partial charge in [0.15, 0.2) is 0 Å². The van der Waals surface area contributed by atoms with E-state index in [2.05, 4.69) is 13.8 Å². The van der Waals surface area contributed by atoms with E-state index in [0.717, 1.165) is 11.6 Å². The molecule has 0 aromatic heterocycles. The minimum absolute atomic E-state index is 0.223. The third kappa shape index (κ3) is 3.25. The van der Waals surface area contributed by atoms with Crippen molar-refractivity contribution in [3.8, 4) is 0 Å². The smallest absolute Gasteiger partial charge is 0.324 e. The first kappa shape index (κ1) is 15.0. The summed E-state index contributed by atoms with van der Waals surface area (Å²) in [5.74, 6) is 0.613. The van der Waals surface area contributed by atoms with E-state index in [1.807, 2.05) is 6.92 Å². The van der Waals surface area contributed by atoms with Crippen LogP contribution in [-0.4, -0.2) is 0 Å². The predicted molar refractivity (Wildman–Crippen MR) is 67.1 cm³/mol. The van der Waals surface area contributed by atoms with Gasteiger partial charge in [-0.25, -0.2) is 0 Å². The molecule has 2 atom stereocenters. The van der Waals surface area contributed by atoms with Crippen LogP contribution in [0.4, 0.5) is 13.2 Å². The fraction of sp³-hybridized carbons (Fsp3) is 0.571. The lowest BCUT2D eigenvalue weighted by atomic mass is 9.84. The molecule has 18 heavy (non-hydrogen) atoms. The molecule has 0 aliphatic heterocycles. The summed E-state index contributed by atoms with van der Waals surface area (Å²) in [5, 5.41) is 0. The number of hydrogen-bond donors (Lipinski definition) is 1. The van der Waals surface area contributed by atoms with Crippen LogP contribution < -0.4 is 5.73 Å². The van der Waals surface area contributed by atoms with E-state index in [0.29, 0.717) is 11.5 Å². The Hall–Kier alpha value is -1.03. The van der Waals surface area contributed by atoms with Crippen molar-refractivity contribution in [3.63, 3.8) is 0 Å². The molecule has 0 saturated heterocycles. The molecule has 0 amide bonds. The number of benzene rings is 1. The van der Waals surface area contributed by atoms with E-state index in [1.54, 1.807) is 6.92 Å². The van der Waals surface area contributed by atoms with Crippen molar-refractivity contribution in [2.24, 2.45) is 17.6 Å². The summed E-state index contributed by atoms with van der Waals surface area (Å²) in [6.45, 7) is 7.82. The van der Waals surface area contributed by atoms with E-state index in [9.17, 15) is 13.2 Å². The van der Waals surface area contributed by atoms with Crippen molar-refractivity contribution < 1.29 is 13.2 Å². The molecule has 1 rings (SSSR count). The van der Waals surface area contributed by atoms with Gasteiger partial charge in [0, 0.05) is 6.04 Å². The minimum Gasteiger partial charge on any atom is -0.324 e. The highest BCUT2D eigenvalue weighted by Crippen LogP contribution is 2.33. The number of aryl methyl sites for hydroxylation is 1. The number of nitrogens with two attached hydrogens (primary N) is 1. The molecule has 1 aromatic carbocycles. The van der Waals surface area contributed by atoms with Crippen LogP contribution in [0, 0.1) is 18.8 Å². The number of alkyl halides is 3. The first-order valence-electron chi connectivity index (χ1n) is 6.08. The molecule has 0 radical (unpaired) electrons. The zero-order valence-corrected chi connectivity index (χ0v) is 11.2. The van der Waals surface area contributed by atoms with Crippen molar-refractivity contribution in [2.45, 2.75) is 39.9 Å². The number of hydrogen-bond acceptors (Lipinski definition) is 1. The van der Waals surface area contributed by atoms with Crippen LogP contribution in [0.1, 0.15) is 43.5 Å². The van der Waals surface area contributed by atoms with Crippen LogP contribution in [-0.2, 0) is 6.18 Å². The molecule has 1 aromatic rings. The highest BCUT2D eigenvalue weighted by Gasteiger charge is 2.31. The summed E-state index contributed by atoms with van der Waals surface area (Å²) in [6.07, 6.45) is -4.29. The third-order valence-corrected chi connectivity index (χ3v) is 3.57. The summed E-state index contributed by atoms with van der Waals surface area (Å²) in [6, 6.07) is 3.55. The van der Waals surface area contributed by atoms with Gasteiger partial charge in [-0.3, -0.25) is 0 Å². The average molecular weight is 259 g/mol. The van der Waals surface area contributed by atoms with Crippen molar-refractivity contribution in [2.75, 3.05) is 0 Å². The maximum absolute atomic E-state index is 12.6. The van der Waals surface area contributed by atoms with Gasteiger partial charge >= 0.3 is 6.18 Å². The van der Waals surface area contributed by atoms with Gasteiger partial charge in [-0.1, -0.05) is 26.8 Å². The second-order valence-electron chi connectivity index (χ2n) is 5.20. The summed E-state index contributed by atoms with van der Waals surface area (Å²) < 4.78 is 37.7. The SMILES string of the molecule is Cc1cc(C(F)(F)F)ccc1C(N)C(C)C(C)C. The van der Waals surface area contributed by atoms with Crippen molar-refractivity contribution in [1.29, 1.82) is 0 Å². The minimum atomic E-state index is -4.29. The summed E-state index contributed by atoms with van der Waals surface area (Å²) >= 11 is 0. The monoisotopic (exact) mass is 259 g/mol. The molecule has 0 fully saturated rings. The molecule has 102 valence electrons. The molecule has 4 heteroatoms. The third-order valence-electron chi connectivity index (χ3n) is 3.57. The van der Waals surface area contributed by atoms with E-state index in [-0.39, 0.29) is 12.0 Å². The van der Waals surface area contributed by atoms with Gasteiger partial charge < -0.3 is 5.73 Å². The molecule has 1 nitrogen and oxygen atoms in total. The second-order valence-corrected chi connectivity index (χ2v) is 5.20. The lowest BCUT2D eigenvalue weighted by Gasteiger charge is -2.25. The van der Waals surface area contributed by atoms with Crippen LogP contribution in [0.3, 0.4) is 0 Å². The molecule has 0 heterocycles. The van der Waals surface area contributed by atoms with Crippen molar-refractivity contribution in [3.05, 3.63) is 34.9 Å². The quantitative estimate of drug-likeness (QED) is 0.860. The first-order valence-corrected chi connectivity index (χ1v) is 6.08. The van der Waals surface area contributed by atoms with Gasteiger partial charge in [-0.15, -0.1) is 0 Å². The lowest BCUT2D eigenvalue weighted by molar-refractivity contribution is -0.137. The highest BCUT2D eigenvalue weighted by molar-refractivity contribution is 5.34. The van der Waals surface area contributed by atoms with Crippen LogP contribution in [0.25, 0.3) is 0 Å². The lowest BCUT2D eigenvalue weighted by Crippen LogP contribution is -2.24.